The van der Waals surface area contributed by atoms with Crippen molar-refractivity contribution in [3.8, 4) is 0 Å². The normalized spacial score (nSPS) is 20.6. The van der Waals surface area contributed by atoms with Crippen LogP contribution >= 0.6 is 12.4 Å². The Morgan fingerprint density at radius 2 is 1.76 bits per heavy atom. The molecule has 2 fully saturated rings. The van der Waals surface area contributed by atoms with Gasteiger partial charge >= 0.3 is 6.09 Å². The van der Waals surface area contributed by atoms with Gasteiger partial charge in [-0.2, -0.15) is 0 Å². The largest absolute Gasteiger partial charge is 0.445 e. The number of piperidine rings is 1. The van der Waals surface area contributed by atoms with Crippen LogP contribution in [0.2, 0.25) is 0 Å². The maximum absolute atomic E-state index is 12.2. The molecule has 2 N–H and O–H groups in total. The summed E-state index contributed by atoms with van der Waals surface area (Å²) in [6.07, 6.45) is 1.35. The highest BCUT2D eigenvalue weighted by molar-refractivity contribution is 5.85. The molecule has 25 heavy (non-hydrogen) atoms. The molecule has 0 bridgehead atoms. The number of halogens is 1. The Morgan fingerprint density at radius 1 is 1.12 bits per heavy atom. The molecule has 2 aliphatic heterocycles. The molecule has 0 aliphatic carbocycles. The maximum Gasteiger partial charge on any atom is 0.410 e. The molecule has 0 saturated carbocycles. The van der Waals surface area contributed by atoms with E-state index in [-0.39, 0.29) is 18.5 Å². The van der Waals surface area contributed by atoms with Crippen LogP contribution in [0.3, 0.4) is 0 Å². The zero-order valence-corrected chi connectivity index (χ0v) is 15.3. The molecule has 0 radical (unpaired) electrons. The summed E-state index contributed by atoms with van der Waals surface area (Å²) in [4.78, 5) is 16.2. The van der Waals surface area contributed by atoms with E-state index in [4.69, 9.17) is 4.74 Å². The predicted octanol–water partition coefficient (Wildman–Crippen LogP) is 1.48. The van der Waals surface area contributed by atoms with E-state index in [2.05, 4.69) is 10.2 Å². The van der Waals surface area contributed by atoms with E-state index >= 15 is 0 Å². The Balaban J connectivity index is 0.00000225. The summed E-state index contributed by atoms with van der Waals surface area (Å²) in [6, 6.07) is 9.72. The highest BCUT2D eigenvalue weighted by atomic mass is 35.5. The maximum atomic E-state index is 12.2. The van der Waals surface area contributed by atoms with Crippen molar-refractivity contribution in [2.75, 3.05) is 45.8 Å². The van der Waals surface area contributed by atoms with E-state index in [1.165, 1.54) is 0 Å². The first-order valence-corrected chi connectivity index (χ1v) is 8.76. The molecule has 1 aromatic carbocycles. The van der Waals surface area contributed by atoms with Gasteiger partial charge in [0.25, 0.3) is 0 Å². The minimum Gasteiger partial charge on any atom is -0.445 e. The Hall–Kier alpha value is -1.34. The molecule has 0 atom stereocenters. The van der Waals surface area contributed by atoms with Crippen LogP contribution < -0.4 is 5.32 Å². The van der Waals surface area contributed by atoms with Crippen molar-refractivity contribution in [2.24, 2.45) is 0 Å². The zero-order valence-electron chi connectivity index (χ0n) is 14.5. The molecule has 2 heterocycles. The number of β-amino-alcohol motifs (C(OH)–C–C–N with tert-alkyl or cyclic N) is 1. The fourth-order valence-electron chi connectivity index (χ4n) is 3.37. The van der Waals surface area contributed by atoms with Gasteiger partial charge < -0.3 is 20.1 Å². The van der Waals surface area contributed by atoms with Gasteiger partial charge in [0.05, 0.1) is 5.60 Å². The monoisotopic (exact) mass is 369 g/mol. The molecule has 3 rings (SSSR count). The smallest absolute Gasteiger partial charge is 0.410 e. The first-order valence-electron chi connectivity index (χ1n) is 8.76. The number of hydrogen-bond acceptors (Lipinski definition) is 5. The van der Waals surface area contributed by atoms with Crippen LogP contribution in [0.1, 0.15) is 18.4 Å². The van der Waals surface area contributed by atoms with Gasteiger partial charge in [-0.3, -0.25) is 4.90 Å². The number of nitrogens with one attached hydrogen (secondary N) is 1. The van der Waals surface area contributed by atoms with Gasteiger partial charge in [-0.25, -0.2) is 4.79 Å². The van der Waals surface area contributed by atoms with Crippen molar-refractivity contribution in [1.82, 2.24) is 15.1 Å². The third-order valence-electron chi connectivity index (χ3n) is 4.89. The van der Waals surface area contributed by atoms with Crippen molar-refractivity contribution < 1.29 is 14.6 Å². The summed E-state index contributed by atoms with van der Waals surface area (Å²) in [5.74, 6) is 0. The molecule has 0 aromatic heterocycles. The van der Waals surface area contributed by atoms with Crippen LogP contribution in [-0.4, -0.2) is 72.4 Å². The number of ether oxygens (including phenoxy) is 1. The molecule has 0 spiro atoms. The van der Waals surface area contributed by atoms with Crippen molar-refractivity contribution in [3.63, 3.8) is 0 Å². The number of rotatable bonds is 4. The average Bonchev–Trinajstić information content (AvgIpc) is 2.61. The van der Waals surface area contributed by atoms with E-state index < -0.39 is 5.60 Å². The van der Waals surface area contributed by atoms with Crippen LogP contribution in [0.25, 0.3) is 0 Å². The number of carbonyl (C=O) groups is 1. The van der Waals surface area contributed by atoms with Crippen molar-refractivity contribution in [3.05, 3.63) is 35.9 Å². The number of aliphatic hydroxyl groups is 1. The number of benzene rings is 1. The lowest BCUT2D eigenvalue weighted by Crippen LogP contribution is -2.55. The fourth-order valence-corrected chi connectivity index (χ4v) is 3.37. The van der Waals surface area contributed by atoms with E-state index in [9.17, 15) is 9.90 Å². The lowest BCUT2D eigenvalue weighted by atomic mass is 9.91. The van der Waals surface area contributed by atoms with Gasteiger partial charge in [0.1, 0.15) is 6.61 Å². The first-order chi connectivity index (χ1) is 11.6. The summed E-state index contributed by atoms with van der Waals surface area (Å²) < 4.78 is 5.38. The van der Waals surface area contributed by atoms with Crippen LogP contribution in [0.15, 0.2) is 30.3 Å². The molecule has 7 heteroatoms. The number of hydrogen-bond donors (Lipinski definition) is 2. The second-order valence-electron chi connectivity index (χ2n) is 6.78. The van der Waals surface area contributed by atoms with E-state index in [0.717, 1.165) is 44.6 Å². The molecule has 2 saturated heterocycles. The minimum atomic E-state index is -0.582. The molecular formula is C18H28ClN3O3. The lowest BCUT2D eigenvalue weighted by Gasteiger charge is -2.40. The minimum absolute atomic E-state index is 0. The molecule has 0 unspecified atom stereocenters. The van der Waals surface area contributed by atoms with Crippen molar-refractivity contribution >= 4 is 18.5 Å². The summed E-state index contributed by atoms with van der Waals surface area (Å²) in [7, 11) is 0. The average molecular weight is 370 g/mol. The molecule has 1 aromatic rings. The third kappa shape index (κ3) is 5.85. The van der Waals surface area contributed by atoms with Crippen molar-refractivity contribution in [1.29, 1.82) is 0 Å². The summed E-state index contributed by atoms with van der Waals surface area (Å²) >= 11 is 0. The van der Waals surface area contributed by atoms with E-state index in [1.54, 1.807) is 4.90 Å². The van der Waals surface area contributed by atoms with Crippen LogP contribution in [0, 0.1) is 0 Å². The number of amides is 1. The van der Waals surface area contributed by atoms with Crippen LogP contribution in [-0.2, 0) is 11.3 Å². The lowest BCUT2D eigenvalue weighted by molar-refractivity contribution is -0.0303. The van der Waals surface area contributed by atoms with Crippen LogP contribution in [0.5, 0.6) is 0 Å². The molecular weight excluding hydrogens is 342 g/mol. The summed E-state index contributed by atoms with van der Waals surface area (Å²) in [5.41, 5.74) is 0.416. The van der Waals surface area contributed by atoms with Gasteiger partial charge in [0, 0.05) is 32.7 Å². The molecule has 2 aliphatic rings. The van der Waals surface area contributed by atoms with Gasteiger partial charge in [-0.05, 0) is 31.5 Å². The Labute approximate surface area is 155 Å². The first kappa shape index (κ1) is 20.0. The van der Waals surface area contributed by atoms with E-state index in [1.807, 2.05) is 30.3 Å². The second kappa shape index (κ2) is 9.38. The number of piperazine rings is 1. The highest BCUT2D eigenvalue weighted by Gasteiger charge is 2.33. The molecule has 6 nitrogen and oxygen atoms in total. The van der Waals surface area contributed by atoms with Gasteiger partial charge in [-0.1, -0.05) is 30.3 Å². The fraction of sp³-hybridized carbons (Fsp3) is 0.611. The quantitative estimate of drug-likeness (QED) is 0.841. The Kier molecular flexibility index (Phi) is 7.50. The number of carbonyl (C=O) groups excluding carboxylic acids is 1. The molecule has 140 valence electrons. The van der Waals surface area contributed by atoms with Crippen LogP contribution in [0.4, 0.5) is 4.79 Å². The third-order valence-corrected chi connectivity index (χ3v) is 4.89. The van der Waals surface area contributed by atoms with Gasteiger partial charge in [0.15, 0.2) is 0 Å². The summed E-state index contributed by atoms with van der Waals surface area (Å²) in [5, 5.41) is 13.9. The predicted molar refractivity (Wildman–Crippen MR) is 98.9 cm³/mol. The second-order valence-corrected chi connectivity index (χ2v) is 6.78. The molecule has 1 amide bonds. The Bertz CT molecular complexity index is 530. The van der Waals surface area contributed by atoms with E-state index in [0.29, 0.717) is 26.2 Å². The van der Waals surface area contributed by atoms with Crippen molar-refractivity contribution in [2.45, 2.75) is 25.0 Å². The Morgan fingerprint density at radius 3 is 2.40 bits per heavy atom. The number of nitrogens with zero attached hydrogens (tertiary/aromatic N) is 2. The zero-order chi connectivity index (χ0) is 16.8. The SMILES string of the molecule is Cl.O=C(OCc1ccccc1)N1CCN(CC2(O)CCNCC2)CC1. The van der Waals surface area contributed by atoms with Gasteiger partial charge in [-0.15, -0.1) is 12.4 Å². The summed E-state index contributed by atoms with van der Waals surface area (Å²) in [6.45, 7) is 5.65. The topological polar surface area (TPSA) is 65.0 Å². The van der Waals surface area contributed by atoms with Gasteiger partial charge in [0.2, 0.25) is 0 Å². The standard InChI is InChI=1S/C18H27N3O3.ClH/c22-17(24-14-16-4-2-1-3-5-16)21-12-10-20(11-13-21)15-18(23)6-8-19-9-7-18;/h1-5,19,23H,6-15H2;1H. The highest BCUT2D eigenvalue weighted by Crippen LogP contribution is 2.20.